The molecule has 2 aromatic carbocycles. The van der Waals surface area contributed by atoms with Crippen LogP contribution in [0.4, 0.5) is 0 Å². The standard InChI is InChI=1S/C21H28N2O3S/c1-6-23(7-2)27(25,26)19-12-10-18(11-13-19)17(5)22-21(24)20-14-15(3)8-9-16(20)4/h8-14,17H,6-7H2,1-5H3,(H,22,24). The fourth-order valence-electron chi connectivity index (χ4n) is 2.98. The predicted octanol–water partition coefficient (Wildman–Crippen LogP) is 3.82. The van der Waals surface area contributed by atoms with Crippen molar-refractivity contribution in [2.75, 3.05) is 13.1 Å². The van der Waals surface area contributed by atoms with Crippen LogP contribution in [0.15, 0.2) is 47.4 Å². The molecule has 6 heteroatoms. The number of nitrogens with zero attached hydrogens (tertiary/aromatic N) is 1. The first kappa shape index (κ1) is 21.1. The van der Waals surface area contributed by atoms with E-state index in [0.717, 1.165) is 16.7 Å². The summed E-state index contributed by atoms with van der Waals surface area (Å²) in [5.41, 5.74) is 3.46. The summed E-state index contributed by atoms with van der Waals surface area (Å²) in [6.07, 6.45) is 0. The highest BCUT2D eigenvalue weighted by atomic mass is 32.2. The Kier molecular flexibility index (Phi) is 6.78. The third-order valence-corrected chi connectivity index (χ3v) is 6.77. The molecule has 0 aliphatic carbocycles. The first-order valence-electron chi connectivity index (χ1n) is 9.18. The van der Waals surface area contributed by atoms with Crippen LogP contribution in [0.1, 0.15) is 53.9 Å². The fraction of sp³-hybridized carbons (Fsp3) is 0.381. The summed E-state index contributed by atoms with van der Waals surface area (Å²) in [6, 6.07) is 12.3. The monoisotopic (exact) mass is 388 g/mol. The van der Waals surface area contributed by atoms with Crippen LogP contribution < -0.4 is 5.32 Å². The van der Waals surface area contributed by atoms with Crippen molar-refractivity contribution in [1.29, 1.82) is 0 Å². The zero-order chi connectivity index (χ0) is 20.2. The maximum absolute atomic E-state index is 12.6. The summed E-state index contributed by atoms with van der Waals surface area (Å²) in [5, 5.41) is 2.99. The highest BCUT2D eigenvalue weighted by Gasteiger charge is 2.22. The van der Waals surface area contributed by atoms with Gasteiger partial charge in [0.15, 0.2) is 0 Å². The summed E-state index contributed by atoms with van der Waals surface area (Å²) >= 11 is 0. The van der Waals surface area contributed by atoms with Gasteiger partial charge in [0.25, 0.3) is 5.91 Å². The van der Waals surface area contributed by atoms with E-state index in [-0.39, 0.29) is 16.8 Å². The van der Waals surface area contributed by atoms with Crippen molar-refractivity contribution in [3.8, 4) is 0 Å². The number of hydrogen-bond acceptors (Lipinski definition) is 3. The van der Waals surface area contributed by atoms with E-state index in [1.807, 2.05) is 52.8 Å². The van der Waals surface area contributed by atoms with Gasteiger partial charge in [-0.2, -0.15) is 4.31 Å². The Morgan fingerprint density at radius 2 is 1.63 bits per heavy atom. The Balaban J connectivity index is 2.17. The molecule has 0 radical (unpaired) electrons. The van der Waals surface area contributed by atoms with E-state index < -0.39 is 10.0 Å². The van der Waals surface area contributed by atoms with Crippen LogP contribution in [0, 0.1) is 13.8 Å². The molecule has 0 spiro atoms. The van der Waals surface area contributed by atoms with Gasteiger partial charge in [0, 0.05) is 18.7 Å². The third-order valence-electron chi connectivity index (χ3n) is 4.71. The number of carbonyl (C=O) groups is 1. The zero-order valence-corrected chi connectivity index (χ0v) is 17.4. The number of aryl methyl sites for hydroxylation is 2. The molecule has 5 nitrogen and oxygen atoms in total. The van der Waals surface area contributed by atoms with Crippen molar-refractivity contribution < 1.29 is 13.2 Å². The molecule has 0 saturated heterocycles. The third kappa shape index (κ3) is 4.76. The van der Waals surface area contributed by atoms with Crippen LogP contribution in [0.25, 0.3) is 0 Å². The van der Waals surface area contributed by atoms with Crippen LogP contribution in [0.3, 0.4) is 0 Å². The highest BCUT2D eigenvalue weighted by molar-refractivity contribution is 7.89. The Morgan fingerprint density at radius 1 is 1.04 bits per heavy atom. The molecular formula is C21H28N2O3S. The van der Waals surface area contributed by atoms with E-state index in [2.05, 4.69) is 5.32 Å². The van der Waals surface area contributed by atoms with Gasteiger partial charge >= 0.3 is 0 Å². The molecule has 0 aliphatic heterocycles. The lowest BCUT2D eigenvalue weighted by molar-refractivity contribution is 0.0939. The van der Waals surface area contributed by atoms with E-state index in [1.54, 1.807) is 24.3 Å². The molecule has 0 heterocycles. The molecule has 2 rings (SSSR count). The maximum Gasteiger partial charge on any atom is 0.252 e. The number of sulfonamides is 1. The van der Waals surface area contributed by atoms with E-state index in [4.69, 9.17) is 0 Å². The molecule has 0 saturated carbocycles. The molecule has 0 aromatic heterocycles. The molecule has 0 fully saturated rings. The summed E-state index contributed by atoms with van der Waals surface area (Å²) in [4.78, 5) is 12.8. The van der Waals surface area contributed by atoms with Gasteiger partial charge in [0.1, 0.15) is 0 Å². The molecule has 1 unspecified atom stereocenters. The summed E-state index contributed by atoms with van der Waals surface area (Å²) in [6.45, 7) is 10.3. The van der Waals surface area contributed by atoms with Crippen LogP contribution in [0.2, 0.25) is 0 Å². The van der Waals surface area contributed by atoms with Gasteiger partial charge in [0.05, 0.1) is 10.9 Å². The van der Waals surface area contributed by atoms with Crippen molar-refractivity contribution in [3.05, 3.63) is 64.7 Å². The lowest BCUT2D eigenvalue weighted by Crippen LogP contribution is -2.30. The Labute approximate surface area is 162 Å². The van der Waals surface area contributed by atoms with Crippen LogP contribution in [0.5, 0.6) is 0 Å². The SMILES string of the molecule is CCN(CC)S(=O)(=O)c1ccc(C(C)NC(=O)c2cc(C)ccc2C)cc1. The first-order chi connectivity index (χ1) is 12.7. The van der Waals surface area contributed by atoms with Crippen LogP contribution >= 0.6 is 0 Å². The predicted molar refractivity (Wildman–Crippen MR) is 108 cm³/mol. The summed E-state index contributed by atoms with van der Waals surface area (Å²) in [7, 11) is -3.47. The molecule has 27 heavy (non-hydrogen) atoms. The van der Waals surface area contributed by atoms with E-state index in [0.29, 0.717) is 18.7 Å². The minimum absolute atomic E-state index is 0.136. The lowest BCUT2D eigenvalue weighted by Gasteiger charge is -2.19. The largest absolute Gasteiger partial charge is 0.346 e. The number of carbonyl (C=O) groups excluding carboxylic acids is 1. The van der Waals surface area contributed by atoms with Crippen LogP contribution in [-0.4, -0.2) is 31.7 Å². The zero-order valence-electron chi connectivity index (χ0n) is 16.6. The summed E-state index contributed by atoms with van der Waals surface area (Å²) in [5.74, 6) is -0.136. The van der Waals surface area contributed by atoms with Gasteiger partial charge in [-0.15, -0.1) is 0 Å². The van der Waals surface area contributed by atoms with Crippen LogP contribution in [-0.2, 0) is 10.0 Å². The maximum atomic E-state index is 12.6. The Bertz CT molecular complexity index is 902. The Hall–Kier alpha value is -2.18. The molecule has 0 aliphatic rings. The van der Waals surface area contributed by atoms with Gasteiger partial charge in [-0.1, -0.05) is 43.7 Å². The first-order valence-corrected chi connectivity index (χ1v) is 10.6. The van der Waals surface area contributed by atoms with Crippen molar-refractivity contribution in [3.63, 3.8) is 0 Å². The van der Waals surface area contributed by atoms with Gasteiger partial charge in [-0.3, -0.25) is 4.79 Å². The number of benzene rings is 2. The normalized spacial score (nSPS) is 12.8. The fourth-order valence-corrected chi connectivity index (χ4v) is 4.44. The average Bonchev–Trinajstić information content (AvgIpc) is 2.64. The van der Waals surface area contributed by atoms with Gasteiger partial charge < -0.3 is 5.32 Å². The Morgan fingerprint density at radius 3 is 2.19 bits per heavy atom. The molecule has 1 atom stereocenters. The number of hydrogen-bond donors (Lipinski definition) is 1. The topological polar surface area (TPSA) is 66.5 Å². The van der Waals surface area contributed by atoms with Gasteiger partial charge in [-0.25, -0.2) is 8.42 Å². The molecular weight excluding hydrogens is 360 g/mol. The minimum atomic E-state index is -3.47. The lowest BCUT2D eigenvalue weighted by atomic mass is 10.0. The molecule has 1 N–H and O–H groups in total. The van der Waals surface area contributed by atoms with E-state index in [1.165, 1.54) is 4.31 Å². The molecule has 0 bridgehead atoms. The molecule has 1 amide bonds. The molecule has 2 aromatic rings. The van der Waals surface area contributed by atoms with Gasteiger partial charge in [0.2, 0.25) is 10.0 Å². The van der Waals surface area contributed by atoms with E-state index in [9.17, 15) is 13.2 Å². The molecule has 146 valence electrons. The van der Waals surface area contributed by atoms with Crippen molar-refractivity contribution in [2.45, 2.75) is 45.6 Å². The number of nitrogens with one attached hydrogen (secondary N) is 1. The number of amides is 1. The number of rotatable bonds is 7. The quantitative estimate of drug-likeness (QED) is 0.784. The van der Waals surface area contributed by atoms with Crippen molar-refractivity contribution in [1.82, 2.24) is 9.62 Å². The second kappa shape index (κ2) is 8.67. The minimum Gasteiger partial charge on any atom is -0.346 e. The van der Waals surface area contributed by atoms with Gasteiger partial charge in [-0.05, 0) is 50.1 Å². The second-order valence-corrected chi connectivity index (χ2v) is 8.61. The average molecular weight is 389 g/mol. The smallest absolute Gasteiger partial charge is 0.252 e. The summed E-state index contributed by atoms with van der Waals surface area (Å²) < 4.78 is 26.6. The van der Waals surface area contributed by atoms with Crippen molar-refractivity contribution >= 4 is 15.9 Å². The second-order valence-electron chi connectivity index (χ2n) is 6.67. The highest BCUT2D eigenvalue weighted by Crippen LogP contribution is 2.20. The van der Waals surface area contributed by atoms with Crippen molar-refractivity contribution in [2.24, 2.45) is 0 Å². The van der Waals surface area contributed by atoms with E-state index >= 15 is 0 Å².